The summed E-state index contributed by atoms with van der Waals surface area (Å²) in [5.74, 6) is 0.125. The maximum Gasteiger partial charge on any atom is 0.272 e. The zero-order valence-corrected chi connectivity index (χ0v) is 16.4. The molecule has 152 valence electrons. The number of carbonyl (C=O) groups excluding carboxylic acids is 1. The number of aromatic nitrogens is 5. The molecule has 0 atom stereocenters. The minimum atomic E-state index is -0.296. The van der Waals surface area contributed by atoms with Crippen molar-refractivity contribution in [2.75, 3.05) is 0 Å². The second-order valence-electron chi connectivity index (χ2n) is 7.45. The lowest BCUT2D eigenvalue weighted by atomic mass is 10.1. The molecular weight excluding hydrogens is 383 g/mol. The predicted molar refractivity (Wildman–Crippen MR) is 109 cm³/mol. The summed E-state index contributed by atoms with van der Waals surface area (Å²) in [5, 5.41) is 15.9. The largest absolute Gasteiger partial charge is 0.343 e. The van der Waals surface area contributed by atoms with Crippen LogP contribution in [0.2, 0.25) is 0 Å². The van der Waals surface area contributed by atoms with Gasteiger partial charge in [0.05, 0.1) is 12.2 Å². The Labute approximate surface area is 172 Å². The molecule has 5 rings (SSSR count). The van der Waals surface area contributed by atoms with Gasteiger partial charge >= 0.3 is 0 Å². The fraction of sp³-hybridized carbons (Fsp3) is 0.273. The molecule has 1 aliphatic rings. The van der Waals surface area contributed by atoms with Crippen LogP contribution in [-0.4, -0.2) is 30.3 Å². The standard InChI is InChI=1S/C22H21FN6O/c23-15-9-11-16(12-10-15)29-18-7-3-1-2-6-17(18)21(27-29)22(30)24-14-20-26-25-19-8-4-5-13-28(19)20/h4-5,8-13H,1-3,6-7,14H2,(H,24,30). The van der Waals surface area contributed by atoms with Crippen molar-refractivity contribution in [1.29, 1.82) is 0 Å². The van der Waals surface area contributed by atoms with Gasteiger partial charge in [-0.3, -0.25) is 9.20 Å². The summed E-state index contributed by atoms with van der Waals surface area (Å²) >= 11 is 0. The quantitative estimate of drug-likeness (QED) is 0.530. The van der Waals surface area contributed by atoms with Gasteiger partial charge in [-0.1, -0.05) is 12.5 Å². The van der Waals surface area contributed by atoms with Crippen LogP contribution in [0.1, 0.15) is 46.8 Å². The molecular formula is C22H21FN6O. The van der Waals surface area contributed by atoms with E-state index in [1.165, 1.54) is 12.1 Å². The van der Waals surface area contributed by atoms with Crippen LogP contribution in [0.25, 0.3) is 11.3 Å². The average Bonchev–Trinajstić information content (AvgIpc) is 3.26. The molecule has 0 aliphatic heterocycles. The van der Waals surface area contributed by atoms with Crippen LogP contribution in [0.4, 0.5) is 4.39 Å². The Hall–Kier alpha value is -3.55. The number of carbonyl (C=O) groups is 1. The zero-order chi connectivity index (χ0) is 20.5. The molecule has 8 heteroatoms. The Kier molecular flexibility index (Phi) is 4.74. The van der Waals surface area contributed by atoms with Gasteiger partial charge in [-0.2, -0.15) is 5.10 Å². The van der Waals surface area contributed by atoms with Crippen LogP contribution in [0, 0.1) is 5.82 Å². The summed E-state index contributed by atoms with van der Waals surface area (Å²) in [6, 6.07) is 11.9. The number of nitrogens with one attached hydrogen (secondary N) is 1. The molecule has 0 unspecified atom stereocenters. The lowest BCUT2D eigenvalue weighted by molar-refractivity contribution is 0.0943. The molecule has 7 nitrogen and oxygen atoms in total. The van der Waals surface area contributed by atoms with Crippen molar-refractivity contribution in [3.8, 4) is 5.69 Å². The first-order valence-electron chi connectivity index (χ1n) is 10.1. The Balaban J connectivity index is 1.45. The Bertz CT molecular complexity index is 1210. The Morgan fingerprint density at radius 3 is 2.73 bits per heavy atom. The van der Waals surface area contributed by atoms with Gasteiger partial charge in [0.1, 0.15) is 5.82 Å². The number of halogens is 1. The van der Waals surface area contributed by atoms with Gasteiger partial charge in [0.25, 0.3) is 5.91 Å². The summed E-state index contributed by atoms with van der Waals surface area (Å²) in [7, 11) is 0. The van der Waals surface area contributed by atoms with E-state index in [-0.39, 0.29) is 18.3 Å². The van der Waals surface area contributed by atoms with E-state index in [2.05, 4.69) is 20.6 Å². The predicted octanol–water partition coefficient (Wildman–Crippen LogP) is 3.25. The number of nitrogens with zero attached hydrogens (tertiary/aromatic N) is 5. The van der Waals surface area contributed by atoms with Gasteiger partial charge in [0.15, 0.2) is 17.2 Å². The Morgan fingerprint density at radius 2 is 1.87 bits per heavy atom. The molecule has 0 saturated carbocycles. The van der Waals surface area contributed by atoms with Gasteiger partial charge in [0, 0.05) is 17.5 Å². The second kappa shape index (κ2) is 7.70. The van der Waals surface area contributed by atoms with E-state index >= 15 is 0 Å². The van der Waals surface area contributed by atoms with E-state index in [1.807, 2.05) is 28.8 Å². The molecule has 3 aromatic heterocycles. The normalized spacial score (nSPS) is 13.8. The number of benzene rings is 1. The van der Waals surface area contributed by atoms with Crippen LogP contribution >= 0.6 is 0 Å². The maximum absolute atomic E-state index is 13.4. The average molecular weight is 404 g/mol. The van der Waals surface area contributed by atoms with Gasteiger partial charge < -0.3 is 5.32 Å². The van der Waals surface area contributed by atoms with Crippen LogP contribution < -0.4 is 5.32 Å². The molecule has 1 aromatic carbocycles. The van der Waals surface area contributed by atoms with Crippen LogP contribution in [0.5, 0.6) is 0 Å². The summed E-state index contributed by atoms with van der Waals surface area (Å²) < 4.78 is 17.0. The third-order valence-corrected chi connectivity index (χ3v) is 5.51. The monoisotopic (exact) mass is 404 g/mol. The minimum absolute atomic E-state index is 0.235. The number of rotatable bonds is 4. The molecule has 1 N–H and O–H groups in total. The lowest BCUT2D eigenvalue weighted by Crippen LogP contribution is -2.25. The number of fused-ring (bicyclic) bond motifs is 2. The topological polar surface area (TPSA) is 77.1 Å². The van der Waals surface area contributed by atoms with Gasteiger partial charge in [-0.15, -0.1) is 10.2 Å². The molecule has 0 spiro atoms. The number of hydrogen-bond donors (Lipinski definition) is 1. The van der Waals surface area contributed by atoms with Gasteiger partial charge in [-0.25, -0.2) is 9.07 Å². The molecule has 3 heterocycles. The highest BCUT2D eigenvalue weighted by Gasteiger charge is 2.25. The highest BCUT2D eigenvalue weighted by Crippen LogP contribution is 2.26. The highest BCUT2D eigenvalue weighted by molar-refractivity contribution is 5.94. The third kappa shape index (κ3) is 3.34. The van der Waals surface area contributed by atoms with Crippen LogP contribution in [0.15, 0.2) is 48.7 Å². The zero-order valence-electron chi connectivity index (χ0n) is 16.4. The summed E-state index contributed by atoms with van der Waals surface area (Å²) in [5.41, 5.74) is 3.95. The van der Waals surface area contributed by atoms with Crippen molar-refractivity contribution in [2.45, 2.75) is 38.6 Å². The van der Waals surface area contributed by atoms with E-state index in [0.717, 1.165) is 54.7 Å². The Morgan fingerprint density at radius 1 is 1.03 bits per heavy atom. The molecule has 30 heavy (non-hydrogen) atoms. The smallest absolute Gasteiger partial charge is 0.272 e. The number of amides is 1. The molecule has 0 saturated heterocycles. The van der Waals surface area contributed by atoms with E-state index < -0.39 is 0 Å². The van der Waals surface area contributed by atoms with Crippen molar-refractivity contribution in [3.05, 3.63) is 77.3 Å². The summed E-state index contributed by atoms with van der Waals surface area (Å²) in [6.07, 6.45) is 6.72. The van der Waals surface area contributed by atoms with Crippen LogP contribution in [0.3, 0.4) is 0 Å². The maximum atomic E-state index is 13.4. The molecule has 0 radical (unpaired) electrons. The minimum Gasteiger partial charge on any atom is -0.343 e. The first kappa shape index (κ1) is 18.5. The van der Waals surface area contributed by atoms with Crippen molar-refractivity contribution in [3.63, 3.8) is 0 Å². The van der Waals surface area contributed by atoms with E-state index in [0.29, 0.717) is 11.5 Å². The van der Waals surface area contributed by atoms with Crippen LogP contribution in [-0.2, 0) is 19.4 Å². The number of hydrogen-bond acceptors (Lipinski definition) is 4. The van der Waals surface area contributed by atoms with Crippen molar-refractivity contribution in [2.24, 2.45) is 0 Å². The van der Waals surface area contributed by atoms with E-state index in [4.69, 9.17) is 0 Å². The van der Waals surface area contributed by atoms with Crippen molar-refractivity contribution in [1.82, 2.24) is 29.7 Å². The van der Waals surface area contributed by atoms with Crippen molar-refractivity contribution < 1.29 is 9.18 Å². The second-order valence-corrected chi connectivity index (χ2v) is 7.45. The van der Waals surface area contributed by atoms with Gasteiger partial charge in [-0.05, 0) is 62.1 Å². The molecule has 1 amide bonds. The SMILES string of the molecule is O=C(NCc1nnc2ccccn12)c1nn(-c2ccc(F)cc2)c2c1CCCCC2. The number of pyridine rings is 1. The molecule has 0 bridgehead atoms. The van der Waals surface area contributed by atoms with Gasteiger partial charge in [0.2, 0.25) is 0 Å². The first-order valence-corrected chi connectivity index (χ1v) is 10.1. The van der Waals surface area contributed by atoms with E-state index in [1.54, 1.807) is 16.8 Å². The summed E-state index contributed by atoms with van der Waals surface area (Å²) in [6.45, 7) is 0.252. The summed E-state index contributed by atoms with van der Waals surface area (Å²) in [4.78, 5) is 13.1. The highest BCUT2D eigenvalue weighted by atomic mass is 19.1. The fourth-order valence-corrected chi connectivity index (χ4v) is 4.01. The third-order valence-electron chi connectivity index (χ3n) is 5.51. The van der Waals surface area contributed by atoms with E-state index in [9.17, 15) is 9.18 Å². The fourth-order valence-electron chi connectivity index (χ4n) is 4.01. The molecule has 0 fully saturated rings. The molecule has 1 aliphatic carbocycles. The lowest BCUT2D eigenvalue weighted by Gasteiger charge is -2.07. The van der Waals surface area contributed by atoms with Crippen molar-refractivity contribution >= 4 is 11.6 Å². The first-order chi connectivity index (χ1) is 14.7. The molecule has 4 aromatic rings.